The van der Waals surface area contributed by atoms with Gasteiger partial charge in [0.2, 0.25) is 5.91 Å². The topological polar surface area (TPSA) is 62.6 Å². The summed E-state index contributed by atoms with van der Waals surface area (Å²) in [6.45, 7) is 0.488. The monoisotopic (exact) mass is 336 g/mol. The summed E-state index contributed by atoms with van der Waals surface area (Å²) >= 11 is 5.70. The van der Waals surface area contributed by atoms with Gasteiger partial charge in [-0.25, -0.2) is 4.39 Å². The molecule has 0 spiro atoms. The van der Waals surface area contributed by atoms with Crippen LogP contribution >= 0.6 is 11.6 Å². The summed E-state index contributed by atoms with van der Waals surface area (Å²) in [4.78, 5) is 26.3. The molecule has 1 atom stereocenters. The van der Waals surface area contributed by atoms with Gasteiger partial charge in [0.15, 0.2) is 5.76 Å². The molecule has 3 rings (SSSR count). The van der Waals surface area contributed by atoms with Crippen LogP contribution in [0.5, 0.6) is 0 Å². The standard InChI is InChI=1S/C16H14ClFN2O3/c17-11-9-10(5-6-12(11)18)19-15(21)13-3-1-7-20(13)16(22)14-4-2-8-23-14/h2,4-6,8-9,13H,1,3,7H2,(H,19,21). The third-order valence-electron chi connectivity index (χ3n) is 3.74. The molecule has 7 heteroatoms. The van der Waals surface area contributed by atoms with Crippen molar-refractivity contribution in [2.45, 2.75) is 18.9 Å². The summed E-state index contributed by atoms with van der Waals surface area (Å²) in [5, 5.41) is 2.60. The molecule has 2 aromatic rings. The summed E-state index contributed by atoms with van der Waals surface area (Å²) in [5.41, 5.74) is 0.388. The maximum atomic E-state index is 13.2. The van der Waals surface area contributed by atoms with Crippen molar-refractivity contribution in [1.29, 1.82) is 0 Å². The average Bonchev–Trinajstić information content (AvgIpc) is 3.21. The maximum Gasteiger partial charge on any atom is 0.290 e. The first-order chi connectivity index (χ1) is 11.1. The fourth-order valence-electron chi connectivity index (χ4n) is 2.62. The molecule has 2 heterocycles. The number of nitrogens with zero attached hydrogens (tertiary/aromatic N) is 1. The zero-order chi connectivity index (χ0) is 16.4. The van der Waals surface area contributed by atoms with Crippen LogP contribution in [0.25, 0.3) is 0 Å². The zero-order valence-corrected chi connectivity index (χ0v) is 12.8. The third-order valence-corrected chi connectivity index (χ3v) is 4.03. The van der Waals surface area contributed by atoms with Crippen molar-refractivity contribution >= 4 is 29.1 Å². The normalized spacial score (nSPS) is 17.3. The number of likely N-dealkylation sites (tertiary alicyclic amines) is 1. The van der Waals surface area contributed by atoms with Crippen LogP contribution in [0, 0.1) is 5.82 Å². The molecule has 1 unspecified atom stereocenters. The summed E-state index contributed by atoms with van der Waals surface area (Å²) in [6, 6.07) is 6.54. The molecule has 1 saturated heterocycles. The lowest BCUT2D eigenvalue weighted by Crippen LogP contribution is -2.43. The number of anilines is 1. The molecule has 1 aromatic carbocycles. The highest BCUT2D eigenvalue weighted by Crippen LogP contribution is 2.23. The predicted octanol–water partition coefficient (Wildman–Crippen LogP) is 3.32. The molecule has 1 aliphatic heterocycles. The van der Waals surface area contributed by atoms with Gasteiger partial charge in [0, 0.05) is 12.2 Å². The second-order valence-electron chi connectivity index (χ2n) is 5.25. The van der Waals surface area contributed by atoms with E-state index in [0.717, 1.165) is 6.42 Å². The number of halogens is 2. The van der Waals surface area contributed by atoms with Crippen molar-refractivity contribution < 1.29 is 18.4 Å². The van der Waals surface area contributed by atoms with E-state index < -0.39 is 11.9 Å². The van der Waals surface area contributed by atoms with Crippen LogP contribution < -0.4 is 5.32 Å². The van der Waals surface area contributed by atoms with Gasteiger partial charge in [0.1, 0.15) is 11.9 Å². The summed E-state index contributed by atoms with van der Waals surface area (Å²) < 4.78 is 18.3. The number of benzene rings is 1. The number of hydrogen-bond donors (Lipinski definition) is 1. The smallest absolute Gasteiger partial charge is 0.290 e. The van der Waals surface area contributed by atoms with Crippen LogP contribution in [-0.4, -0.2) is 29.3 Å². The van der Waals surface area contributed by atoms with Crippen LogP contribution in [0.4, 0.5) is 10.1 Å². The molecule has 1 aliphatic rings. The lowest BCUT2D eigenvalue weighted by molar-refractivity contribution is -0.119. The molecule has 1 N–H and O–H groups in total. The first kappa shape index (κ1) is 15.6. The van der Waals surface area contributed by atoms with Crippen LogP contribution in [-0.2, 0) is 4.79 Å². The van der Waals surface area contributed by atoms with E-state index >= 15 is 0 Å². The Morgan fingerprint density at radius 1 is 1.35 bits per heavy atom. The second-order valence-corrected chi connectivity index (χ2v) is 5.66. The van der Waals surface area contributed by atoms with Crippen molar-refractivity contribution in [2.75, 3.05) is 11.9 Å². The number of rotatable bonds is 3. The molecule has 0 saturated carbocycles. The minimum absolute atomic E-state index is 0.0715. The molecule has 2 amide bonds. The maximum absolute atomic E-state index is 13.2. The van der Waals surface area contributed by atoms with Gasteiger partial charge in [-0.05, 0) is 43.2 Å². The summed E-state index contributed by atoms with van der Waals surface area (Å²) in [5.74, 6) is -0.996. The Hall–Kier alpha value is -2.34. The van der Waals surface area contributed by atoms with Gasteiger partial charge in [-0.3, -0.25) is 9.59 Å². The van der Waals surface area contributed by atoms with E-state index in [1.165, 1.54) is 29.4 Å². The first-order valence-electron chi connectivity index (χ1n) is 7.16. The summed E-state index contributed by atoms with van der Waals surface area (Å²) in [6.07, 6.45) is 2.71. The number of furan rings is 1. The zero-order valence-electron chi connectivity index (χ0n) is 12.1. The van der Waals surface area contributed by atoms with Crippen LogP contribution in [0.3, 0.4) is 0 Å². The molecule has 1 fully saturated rings. The number of hydrogen-bond acceptors (Lipinski definition) is 3. The van der Waals surface area contributed by atoms with Gasteiger partial charge in [0.25, 0.3) is 5.91 Å². The van der Waals surface area contributed by atoms with Crippen molar-refractivity contribution in [2.24, 2.45) is 0 Å². The lowest BCUT2D eigenvalue weighted by atomic mass is 10.2. The molecule has 0 radical (unpaired) electrons. The molecule has 5 nitrogen and oxygen atoms in total. The van der Waals surface area contributed by atoms with Gasteiger partial charge < -0.3 is 14.6 Å². The number of amides is 2. The second kappa shape index (κ2) is 6.42. The first-order valence-corrected chi connectivity index (χ1v) is 7.54. The van der Waals surface area contributed by atoms with Crippen molar-refractivity contribution in [3.8, 4) is 0 Å². The van der Waals surface area contributed by atoms with Gasteiger partial charge in [-0.2, -0.15) is 0 Å². The van der Waals surface area contributed by atoms with Crippen molar-refractivity contribution in [1.82, 2.24) is 4.90 Å². The van der Waals surface area contributed by atoms with Gasteiger partial charge in [-0.15, -0.1) is 0 Å². The molecule has 1 aromatic heterocycles. The van der Waals surface area contributed by atoms with Crippen molar-refractivity contribution in [3.05, 3.63) is 53.2 Å². The van der Waals surface area contributed by atoms with E-state index in [1.54, 1.807) is 12.1 Å². The fourth-order valence-corrected chi connectivity index (χ4v) is 2.80. The fraction of sp³-hybridized carbons (Fsp3) is 0.250. The highest BCUT2D eigenvalue weighted by Gasteiger charge is 2.35. The Kier molecular flexibility index (Phi) is 4.34. The van der Waals surface area contributed by atoms with Gasteiger partial charge in [0.05, 0.1) is 11.3 Å². The predicted molar refractivity (Wildman–Crippen MR) is 82.8 cm³/mol. The molecule has 23 heavy (non-hydrogen) atoms. The highest BCUT2D eigenvalue weighted by molar-refractivity contribution is 6.31. The summed E-state index contributed by atoms with van der Waals surface area (Å²) in [7, 11) is 0. The van der Waals surface area contributed by atoms with E-state index in [-0.39, 0.29) is 22.6 Å². The Labute approximate surface area is 137 Å². The Balaban J connectivity index is 1.73. The third kappa shape index (κ3) is 3.22. The van der Waals surface area contributed by atoms with E-state index in [9.17, 15) is 14.0 Å². The van der Waals surface area contributed by atoms with Crippen LogP contribution in [0.2, 0.25) is 5.02 Å². The average molecular weight is 337 g/mol. The number of carbonyl (C=O) groups is 2. The molecular formula is C16H14ClFN2O3. The Morgan fingerprint density at radius 2 is 2.17 bits per heavy atom. The van der Waals surface area contributed by atoms with Gasteiger partial charge in [-0.1, -0.05) is 11.6 Å². The number of carbonyl (C=O) groups excluding carboxylic acids is 2. The van der Waals surface area contributed by atoms with Gasteiger partial charge >= 0.3 is 0 Å². The minimum Gasteiger partial charge on any atom is -0.459 e. The van der Waals surface area contributed by atoms with E-state index in [0.29, 0.717) is 18.7 Å². The van der Waals surface area contributed by atoms with E-state index in [1.807, 2.05) is 0 Å². The lowest BCUT2D eigenvalue weighted by Gasteiger charge is -2.23. The van der Waals surface area contributed by atoms with E-state index in [4.69, 9.17) is 16.0 Å². The Bertz CT molecular complexity index is 733. The quantitative estimate of drug-likeness (QED) is 0.935. The SMILES string of the molecule is O=C(Nc1ccc(F)c(Cl)c1)C1CCCN1C(=O)c1ccco1. The molecular weight excluding hydrogens is 323 g/mol. The highest BCUT2D eigenvalue weighted by atomic mass is 35.5. The van der Waals surface area contributed by atoms with Crippen LogP contribution in [0.1, 0.15) is 23.4 Å². The van der Waals surface area contributed by atoms with E-state index in [2.05, 4.69) is 5.32 Å². The number of nitrogens with one attached hydrogen (secondary N) is 1. The molecule has 0 aliphatic carbocycles. The van der Waals surface area contributed by atoms with Crippen LogP contribution in [0.15, 0.2) is 41.0 Å². The largest absolute Gasteiger partial charge is 0.459 e. The molecule has 0 bridgehead atoms. The molecule has 120 valence electrons. The minimum atomic E-state index is -0.587. The van der Waals surface area contributed by atoms with Crippen molar-refractivity contribution in [3.63, 3.8) is 0 Å². The Morgan fingerprint density at radius 3 is 2.87 bits per heavy atom.